The van der Waals surface area contributed by atoms with Gasteiger partial charge in [0, 0.05) is 5.33 Å². The smallest absolute Gasteiger partial charge is 0.0563 e. The first-order valence-corrected chi connectivity index (χ1v) is 14.1. The Morgan fingerprint density at radius 3 is 2.03 bits per heavy atom. The lowest BCUT2D eigenvalue weighted by Crippen LogP contribution is -2.24. The Labute approximate surface area is 200 Å². The van der Waals surface area contributed by atoms with Crippen LogP contribution in [0, 0.1) is 11.3 Å². The van der Waals surface area contributed by atoms with Crippen molar-refractivity contribution in [3.05, 3.63) is 72.3 Å². The van der Waals surface area contributed by atoms with Crippen LogP contribution in [-0.4, -0.2) is 23.7 Å². The van der Waals surface area contributed by atoms with E-state index in [1.54, 1.807) is 0 Å². The molecule has 0 saturated heterocycles. The number of hydrogen-bond donors (Lipinski definition) is 0. The Balaban J connectivity index is 2.09. The lowest BCUT2D eigenvalue weighted by Gasteiger charge is -2.26. The van der Waals surface area contributed by atoms with Crippen LogP contribution in [0.4, 0.5) is 0 Å². The average molecular weight is 501 g/mol. The maximum absolute atomic E-state index is 5.13. The van der Waals surface area contributed by atoms with E-state index >= 15 is 0 Å². The van der Waals surface area contributed by atoms with Crippen LogP contribution in [0.15, 0.2) is 77.3 Å². The molecule has 1 atom stereocenters. The van der Waals surface area contributed by atoms with Gasteiger partial charge >= 0.3 is 0 Å². The monoisotopic (exact) mass is 499 g/mol. The van der Waals surface area contributed by atoms with Crippen LogP contribution in [0.2, 0.25) is 0 Å². The molecule has 0 bridgehead atoms. The molecule has 0 aliphatic heterocycles. The summed E-state index contributed by atoms with van der Waals surface area (Å²) in [5.74, 6) is 0.529. The Kier molecular flexibility index (Phi) is 11.2. The number of alkyl halides is 1. The van der Waals surface area contributed by atoms with Gasteiger partial charge in [0.05, 0.1) is 6.04 Å². The van der Waals surface area contributed by atoms with E-state index in [-0.39, 0.29) is 5.41 Å². The molecule has 0 fully saturated rings. The van der Waals surface area contributed by atoms with E-state index in [2.05, 4.69) is 124 Å². The van der Waals surface area contributed by atoms with E-state index < -0.39 is 7.92 Å². The van der Waals surface area contributed by atoms with E-state index in [1.807, 2.05) is 0 Å². The SMILES string of the molecule is C/C(=C\CCC(C)(C)CC=N[C@H](CP(c1ccccc1)c1ccccc1)C(C)C)CBr. The zero-order chi connectivity index (χ0) is 22.7. The maximum Gasteiger partial charge on any atom is 0.0563 e. The summed E-state index contributed by atoms with van der Waals surface area (Å²) in [6.45, 7) is 11.5. The van der Waals surface area contributed by atoms with Crippen LogP contribution in [0.1, 0.15) is 53.9 Å². The maximum atomic E-state index is 5.13. The van der Waals surface area contributed by atoms with Crippen molar-refractivity contribution >= 4 is 40.7 Å². The molecular formula is C28H39BrNP. The summed E-state index contributed by atoms with van der Waals surface area (Å²) in [4.78, 5) is 5.13. The summed E-state index contributed by atoms with van der Waals surface area (Å²) >= 11 is 3.53. The number of nitrogens with zero attached hydrogens (tertiary/aromatic N) is 1. The summed E-state index contributed by atoms with van der Waals surface area (Å²) in [5, 5.41) is 3.86. The second kappa shape index (κ2) is 13.3. The van der Waals surface area contributed by atoms with E-state index in [0.29, 0.717) is 12.0 Å². The number of halogens is 1. The minimum Gasteiger partial charge on any atom is -0.294 e. The summed E-state index contributed by atoms with van der Waals surface area (Å²) in [6, 6.07) is 22.3. The molecule has 31 heavy (non-hydrogen) atoms. The minimum atomic E-state index is -0.412. The Morgan fingerprint density at radius 1 is 1.00 bits per heavy atom. The fourth-order valence-corrected chi connectivity index (χ4v) is 6.40. The molecule has 0 aliphatic rings. The largest absolute Gasteiger partial charge is 0.294 e. The quantitative estimate of drug-likeness (QED) is 0.122. The Morgan fingerprint density at radius 2 is 1.55 bits per heavy atom. The molecule has 0 N–H and O–H groups in total. The molecule has 0 saturated carbocycles. The first-order chi connectivity index (χ1) is 14.8. The van der Waals surface area contributed by atoms with Gasteiger partial charge in [-0.2, -0.15) is 0 Å². The van der Waals surface area contributed by atoms with Gasteiger partial charge in [-0.15, -0.1) is 0 Å². The zero-order valence-electron chi connectivity index (χ0n) is 19.9. The molecule has 0 aliphatic carbocycles. The van der Waals surface area contributed by atoms with Gasteiger partial charge < -0.3 is 0 Å². The van der Waals surface area contributed by atoms with E-state index in [9.17, 15) is 0 Å². The van der Waals surface area contributed by atoms with Crippen LogP contribution in [0.3, 0.4) is 0 Å². The molecule has 0 heterocycles. The lowest BCUT2D eigenvalue weighted by atomic mass is 9.84. The highest BCUT2D eigenvalue weighted by atomic mass is 79.9. The van der Waals surface area contributed by atoms with Crippen LogP contribution >= 0.6 is 23.9 Å². The van der Waals surface area contributed by atoms with Crippen LogP contribution in [0.25, 0.3) is 0 Å². The van der Waals surface area contributed by atoms with Crippen molar-refractivity contribution in [1.29, 1.82) is 0 Å². The second-order valence-corrected chi connectivity index (χ2v) is 12.3. The topological polar surface area (TPSA) is 12.4 Å². The van der Waals surface area contributed by atoms with Gasteiger partial charge in [0.1, 0.15) is 0 Å². The van der Waals surface area contributed by atoms with Crippen molar-refractivity contribution in [3.63, 3.8) is 0 Å². The first-order valence-electron chi connectivity index (χ1n) is 11.4. The lowest BCUT2D eigenvalue weighted by molar-refractivity contribution is 0.355. The normalized spacial score (nSPS) is 14.0. The third kappa shape index (κ3) is 9.42. The van der Waals surface area contributed by atoms with Crippen LogP contribution in [0.5, 0.6) is 0 Å². The average Bonchev–Trinajstić information content (AvgIpc) is 2.76. The minimum absolute atomic E-state index is 0.276. The molecule has 0 spiro atoms. The van der Waals surface area contributed by atoms with Crippen molar-refractivity contribution in [1.82, 2.24) is 0 Å². The summed E-state index contributed by atoms with van der Waals surface area (Å²) in [5.41, 5.74) is 1.69. The number of benzene rings is 2. The van der Waals surface area contributed by atoms with Crippen molar-refractivity contribution < 1.29 is 0 Å². The molecule has 2 aromatic rings. The van der Waals surface area contributed by atoms with E-state index in [4.69, 9.17) is 4.99 Å². The Hall–Kier alpha value is -1.24. The number of aliphatic imine (C=N–C) groups is 1. The highest BCUT2D eigenvalue weighted by molar-refractivity contribution is 9.09. The molecule has 0 aromatic heterocycles. The highest BCUT2D eigenvalue weighted by Crippen LogP contribution is 2.36. The third-order valence-electron chi connectivity index (χ3n) is 5.74. The predicted molar refractivity (Wildman–Crippen MR) is 146 cm³/mol. The molecule has 0 unspecified atom stereocenters. The van der Waals surface area contributed by atoms with Gasteiger partial charge in [-0.05, 0) is 68.4 Å². The highest BCUT2D eigenvalue weighted by Gasteiger charge is 2.22. The molecule has 1 nitrogen and oxygen atoms in total. The number of rotatable bonds is 12. The molecule has 2 rings (SSSR count). The molecular weight excluding hydrogens is 461 g/mol. The molecule has 0 amide bonds. The van der Waals surface area contributed by atoms with Crippen molar-refractivity contribution in [2.24, 2.45) is 16.3 Å². The summed E-state index contributed by atoms with van der Waals surface area (Å²) < 4.78 is 0. The van der Waals surface area contributed by atoms with E-state index in [1.165, 1.54) is 22.6 Å². The fraction of sp³-hybridized carbons (Fsp3) is 0.464. The predicted octanol–water partition coefficient (Wildman–Crippen LogP) is 7.75. The van der Waals surface area contributed by atoms with E-state index in [0.717, 1.165) is 24.3 Å². The zero-order valence-corrected chi connectivity index (χ0v) is 22.4. The standard InChI is InChI=1S/C28H39BrNP/c1-23(2)27(30-20-19-28(4,5)18-12-13-24(3)21-29)22-31(25-14-8-6-9-15-25)26-16-10-7-11-17-26/h6-11,13-17,20,23,27H,12,18-19,21-22H2,1-5H3/b24-13+,30-20?/t27-/m1/s1. The first kappa shape index (κ1) is 26.0. The number of hydrogen-bond acceptors (Lipinski definition) is 1. The Bertz CT molecular complexity index is 772. The van der Waals surface area contributed by atoms with Gasteiger partial charge in [-0.1, -0.05) is 116 Å². The van der Waals surface area contributed by atoms with Gasteiger partial charge in [-0.25, -0.2) is 0 Å². The molecule has 0 radical (unpaired) electrons. The van der Waals surface area contributed by atoms with Crippen molar-refractivity contribution in [3.8, 4) is 0 Å². The van der Waals surface area contributed by atoms with Crippen LogP contribution in [-0.2, 0) is 0 Å². The molecule has 3 heteroatoms. The summed E-state index contributed by atoms with van der Waals surface area (Å²) in [6.07, 6.45) is 9.04. The van der Waals surface area contributed by atoms with Gasteiger partial charge in [-0.3, -0.25) is 4.99 Å². The van der Waals surface area contributed by atoms with Crippen LogP contribution < -0.4 is 10.6 Å². The molecule has 2 aromatic carbocycles. The fourth-order valence-electron chi connectivity index (χ4n) is 3.49. The van der Waals surface area contributed by atoms with Gasteiger partial charge in [0.15, 0.2) is 0 Å². The van der Waals surface area contributed by atoms with Crippen molar-refractivity contribution in [2.75, 3.05) is 11.5 Å². The summed E-state index contributed by atoms with van der Waals surface area (Å²) in [7, 11) is -0.412. The third-order valence-corrected chi connectivity index (χ3v) is 9.21. The molecule has 168 valence electrons. The second-order valence-electron chi connectivity index (χ2n) is 9.52. The van der Waals surface area contributed by atoms with Gasteiger partial charge in [0.2, 0.25) is 0 Å². The van der Waals surface area contributed by atoms with Crippen molar-refractivity contribution in [2.45, 2.75) is 59.9 Å². The van der Waals surface area contributed by atoms with Gasteiger partial charge in [0.25, 0.3) is 0 Å². The number of allylic oxidation sites excluding steroid dienone is 2.